The van der Waals surface area contributed by atoms with Gasteiger partial charge in [-0.2, -0.15) is 0 Å². The number of aromatic nitrogens is 1. The third kappa shape index (κ3) is 3.47. The Morgan fingerprint density at radius 1 is 1.23 bits per heavy atom. The first-order valence-corrected chi connectivity index (χ1v) is 11.0. The van der Waals surface area contributed by atoms with Crippen LogP contribution >= 0.6 is 0 Å². The van der Waals surface area contributed by atoms with Crippen LogP contribution in [0.25, 0.3) is 11.1 Å². The number of amides is 1. The largest absolute Gasteiger partial charge is 0.420 e. The fourth-order valence-electron chi connectivity index (χ4n) is 3.60. The van der Waals surface area contributed by atoms with Crippen LogP contribution in [0.5, 0.6) is 0 Å². The van der Waals surface area contributed by atoms with Gasteiger partial charge < -0.3 is 9.32 Å². The van der Waals surface area contributed by atoms with Gasteiger partial charge in [0.1, 0.15) is 6.54 Å². The van der Waals surface area contributed by atoms with E-state index in [2.05, 4.69) is 0 Å². The predicted octanol–water partition coefficient (Wildman–Crippen LogP) is 1.89. The third-order valence-electron chi connectivity index (χ3n) is 5.05. The van der Waals surface area contributed by atoms with E-state index in [0.717, 1.165) is 22.5 Å². The molecule has 156 valence electrons. The van der Waals surface area contributed by atoms with E-state index in [0.29, 0.717) is 25.1 Å². The van der Waals surface area contributed by atoms with Gasteiger partial charge in [0.05, 0.1) is 21.4 Å². The lowest BCUT2D eigenvalue weighted by atomic mass is 10.0. The van der Waals surface area contributed by atoms with Crippen molar-refractivity contribution in [1.82, 2.24) is 4.57 Å². The van der Waals surface area contributed by atoms with Crippen LogP contribution in [0.3, 0.4) is 0 Å². The van der Waals surface area contributed by atoms with E-state index in [1.54, 1.807) is 12.1 Å². The number of nitro groups is 1. The van der Waals surface area contributed by atoms with Gasteiger partial charge in [0.25, 0.3) is 5.69 Å². The van der Waals surface area contributed by atoms with E-state index < -0.39 is 20.5 Å². The second-order valence-corrected chi connectivity index (χ2v) is 9.09. The lowest BCUT2D eigenvalue weighted by Crippen LogP contribution is -2.39. The molecule has 11 heteroatoms. The maximum atomic E-state index is 13.0. The second kappa shape index (κ2) is 7.10. The molecule has 1 aliphatic heterocycles. The van der Waals surface area contributed by atoms with Gasteiger partial charge in [0.15, 0.2) is 15.4 Å². The molecule has 10 nitrogen and oxygen atoms in total. The number of carbonyl (C=O) groups is 1. The average Bonchev–Trinajstić information content (AvgIpc) is 3.00. The van der Waals surface area contributed by atoms with E-state index in [1.807, 2.05) is 0 Å². The second-order valence-electron chi connectivity index (χ2n) is 7.07. The first-order valence-electron chi connectivity index (χ1n) is 9.06. The quantitative estimate of drug-likeness (QED) is 0.455. The molecule has 0 N–H and O–H groups in total. The summed E-state index contributed by atoms with van der Waals surface area (Å²) in [7, 11) is -3.36. The van der Waals surface area contributed by atoms with Gasteiger partial charge in [-0.3, -0.25) is 19.5 Å². The number of hydrogen-bond acceptors (Lipinski definition) is 7. The Morgan fingerprint density at radius 2 is 2.00 bits per heavy atom. The standard InChI is InChI=1S/C19H17N3O7S/c1-30(27,28)14-5-7-15-12(9-14)3-2-8-20(15)18(23)11-21-16-6-4-13(22(25)26)10-17(16)29-19(21)24/h4-7,9-10H,2-3,8,11H2,1H3. The van der Waals surface area contributed by atoms with Crippen LogP contribution in [0, 0.1) is 10.1 Å². The summed E-state index contributed by atoms with van der Waals surface area (Å²) in [5.74, 6) is -1.16. The topological polar surface area (TPSA) is 133 Å². The zero-order valence-corrected chi connectivity index (χ0v) is 16.7. The first-order chi connectivity index (χ1) is 14.1. The van der Waals surface area contributed by atoms with Gasteiger partial charge in [-0.15, -0.1) is 0 Å². The molecule has 3 aromatic rings. The fourth-order valence-corrected chi connectivity index (χ4v) is 4.27. The normalized spacial score (nSPS) is 14.0. The molecule has 0 bridgehead atoms. The van der Waals surface area contributed by atoms with Crippen molar-refractivity contribution in [1.29, 1.82) is 0 Å². The highest BCUT2D eigenvalue weighted by molar-refractivity contribution is 7.90. The molecule has 0 spiro atoms. The van der Waals surface area contributed by atoms with Crippen molar-refractivity contribution in [3.05, 3.63) is 62.6 Å². The summed E-state index contributed by atoms with van der Waals surface area (Å²) in [6.07, 6.45) is 2.42. The molecule has 0 saturated heterocycles. The van der Waals surface area contributed by atoms with E-state index in [1.165, 1.54) is 23.1 Å². The predicted molar refractivity (Wildman–Crippen MR) is 107 cm³/mol. The van der Waals surface area contributed by atoms with Gasteiger partial charge >= 0.3 is 5.76 Å². The summed E-state index contributed by atoms with van der Waals surface area (Å²) in [5, 5.41) is 10.9. The van der Waals surface area contributed by atoms with Crippen molar-refractivity contribution in [3.8, 4) is 0 Å². The lowest BCUT2D eigenvalue weighted by molar-refractivity contribution is -0.384. The SMILES string of the molecule is CS(=O)(=O)c1ccc2c(c1)CCCN2C(=O)Cn1c(=O)oc2cc([N+](=O)[O-])ccc21. The number of sulfone groups is 1. The summed E-state index contributed by atoms with van der Waals surface area (Å²) in [5.41, 5.74) is 1.44. The van der Waals surface area contributed by atoms with Gasteiger partial charge in [-0.05, 0) is 42.7 Å². The Labute approximate surface area is 170 Å². The monoisotopic (exact) mass is 431 g/mol. The Kier molecular flexibility index (Phi) is 4.69. The Bertz CT molecular complexity index is 1350. The lowest BCUT2D eigenvalue weighted by Gasteiger charge is -2.30. The van der Waals surface area contributed by atoms with Crippen molar-refractivity contribution in [2.24, 2.45) is 0 Å². The van der Waals surface area contributed by atoms with Crippen molar-refractivity contribution < 1.29 is 22.6 Å². The number of carbonyl (C=O) groups excluding carboxylic acids is 1. The molecule has 1 aliphatic rings. The number of hydrogen-bond donors (Lipinski definition) is 0. The average molecular weight is 431 g/mol. The van der Waals surface area contributed by atoms with E-state index in [-0.39, 0.29) is 34.1 Å². The van der Waals surface area contributed by atoms with Crippen LogP contribution in [-0.4, -0.2) is 36.6 Å². The molecule has 0 atom stereocenters. The Morgan fingerprint density at radius 3 is 2.70 bits per heavy atom. The van der Waals surface area contributed by atoms with Crippen molar-refractivity contribution in [2.45, 2.75) is 24.3 Å². The summed E-state index contributed by atoms with van der Waals surface area (Å²) in [4.78, 5) is 37.2. The molecule has 0 aliphatic carbocycles. The van der Waals surface area contributed by atoms with E-state index in [9.17, 15) is 28.1 Å². The highest BCUT2D eigenvalue weighted by atomic mass is 32.2. The van der Waals surface area contributed by atoms with Crippen molar-refractivity contribution >= 4 is 38.2 Å². The minimum absolute atomic E-state index is 0.0267. The Balaban J connectivity index is 1.67. The molecule has 4 rings (SSSR count). The van der Waals surface area contributed by atoms with Gasteiger partial charge in [0, 0.05) is 24.6 Å². The number of anilines is 1. The zero-order valence-electron chi connectivity index (χ0n) is 15.9. The molecule has 1 aromatic heterocycles. The minimum atomic E-state index is -3.36. The van der Waals surface area contributed by atoms with Crippen LogP contribution in [0.2, 0.25) is 0 Å². The molecule has 0 radical (unpaired) electrons. The number of benzene rings is 2. The number of nitrogens with zero attached hydrogens (tertiary/aromatic N) is 3. The molecule has 2 heterocycles. The molecule has 2 aromatic carbocycles. The van der Waals surface area contributed by atoms with Gasteiger partial charge in [-0.25, -0.2) is 13.2 Å². The number of fused-ring (bicyclic) bond motifs is 2. The molecule has 30 heavy (non-hydrogen) atoms. The van der Waals surface area contributed by atoms with E-state index in [4.69, 9.17) is 4.42 Å². The number of nitro benzene ring substituents is 1. The zero-order chi connectivity index (χ0) is 21.6. The molecule has 0 saturated carbocycles. The fraction of sp³-hybridized carbons (Fsp3) is 0.263. The number of aryl methyl sites for hydroxylation is 1. The third-order valence-corrected chi connectivity index (χ3v) is 6.17. The van der Waals surface area contributed by atoms with Gasteiger partial charge in [0.2, 0.25) is 5.91 Å². The van der Waals surface area contributed by atoms with Crippen molar-refractivity contribution in [2.75, 3.05) is 17.7 Å². The Hall–Kier alpha value is -3.47. The number of oxazole rings is 1. The smallest absolute Gasteiger partial charge is 0.407 e. The van der Waals surface area contributed by atoms with E-state index >= 15 is 0 Å². The molecule has 0 unspecified atom stereocenters. The number of rotatable bonds is 4. The highest BCUT2D eigenvalue weighted by Gasteiger charge is 2.25. The molecule has 0 fully saturated rings. The summed E-state index contributed by atoms with van der Waals surface area (Å²) in [6, 6.07) is 8.37. The van der Waals surface area contributed by atoms with Crippen LogP contribution in [0.4, 0.5) is 11.4 Å². The number of non-ortho nitro benzene ring substituents is 1. The van der Waals surface area contributed by atoms with Crippen molar-refractivity contribution in [3.63, 3.8) is 0 Å². The first kappa shape index (κ1) is 19.8. The molecular formula is C19H17N3O7S. The van der Waals surface area contributed by atoms with Crippen LogP contribution in [0.15, 0.2) is 50.5 Å². The minimum Gasteiger partial charge on any atom is -0.407 e. The highest BCUT2D eigenvalue weighted by Crippen LogP contribution is 2.30. The summed E-state index contributed by atoms with van der Waals surface area (Å²) in [6.45, 7) is 0.122. The van der Waals surface area contributed by atoms with Crippen LogP contribution in [-0.2, 0) is 27.6 Å². The van der Waals surface area contributed by atoms with Crippen LogP contribution in [0.1, 0.15) is 12.0 Å². The maximum absolute atomic E-state index is 13.0. The van der Waals surface area contributed by atoms with Crippen LogP contribution < -0.4 is 10.7 Å². The van der Waals surface area contributed by atoms with Gasteiger partial charge in [-0.1, -0.05) is 0 Å². The summed E-state index contributed by atoms with van der Waals surface area (Å²) >= 11 is 0. The molecular weight excluding hydrogens is 414 g/mol. The molecule has 1 amide bonds. The maximum Gasteiger partial charge on any atom is 0.420 e. The summed E-state index contributed by atoms with van der Waals surface area (Å²) < 4.78 is 29.8.